The lowest BCUT2D eigenvalue weighted by molar-refractivity contribution is 0.334. The molecule has 62 valence electrons. The molecule has 0 aliphatic rings. The van der Waals surface area contributed by atoms with E-state index in [9.17, 15) is 8.87 Å². The maximum Gasteiger partial charge on any atom is 0.159 e. The molecule has 1 heterocycles. The summed E-state index contributed by atoms with van der Waals surface area (Å²) in [6.07, 6.45) is 0. The zero-order valence-corrected chi connectivity index (χ0v) is 5.96. The highest BCUT2D eigenvalue weighted by Crippen LogP contribution is 2.22. The number of halogens is 2. The number of nitrogens with two attached hydrogens (primary N) is 1. The van der Waals surface area contributed by atoms with Crippen LogP contribution in [-0.2, 0) is 0 Å². The lowest BCUT2D eigenvalue weighted by Crippen LogP contribution is -1.87. The molecule has 0 radical (unpaired) electrons. The molecule has 2 aromatic rings. The quantitative estimate of drug-likeness (QED) is 0.649. The van der Waals surface area contributed by atoms with Crippen LogP contribution in [0.1, 0.15) is 0 Å². The van der Waals surface area contributed by atoms with E-state index >= 15 is 0 Å². The first-order chi connectivity index (χ1) is 5.70. The van der Waals surface area contributed by atoms with Crippen molar-refractivity contribution in [1.82, 2.24) is 10.0 Å². The van der Waals surface area contributed by atoms with Crippen LogP contribution in [-0.4, -0.2) is 10.0 Å². The predicted octanol–water partition coefficient (Wildman–Crippen LogP) is 1.49. The summed E-state index contributed by atoms with van der Waals surface area (Å²) in [5, 5.41) is 3.27. The summed E-state index contributed by atoms with van der Waals surface area (Å²) in [5.41, 5.74) is 5.31. The molecule has 2 rings (SSSR count). The van der Waals surface area contributed by atoms with E-state index in [1.54, 1.807) is 0 Å². The zero-order chi connectivity index (χ0) is 8.72. The Kier molecular flexibility index (Phi) is 1.27. The van der Waals surface area contributed by atoms with E-state index in [0.29, 0.717) is 0 Å². The van der Waals surface area contributed by atoms with Gasteiger partial charge in [-0.2, -0.15) is 0 Å². The minimum absolute atomic E-state index is 0.0278. The Hall–Kier alpha value is -1.65. The smallest absolute Gasteiger partial charge is 0.159 e. The number of fused-ring (bicyclic) bond motifs is 1. The predicted molar refractivity (Wildman–Crippen MR) is 40.6 cm³/mol. The maximum atomic E-state index is 13.0. The zero-order valence-electron chi connectivity index (χ0n) is 5.96. The van der Waals surface area contributed by atoms with Gasteiger partial charge in [-0.25, -0.2) is 4.39 Å². The monoisotopic (exact) mass is 169 g/mol. The van der Waals surface area contributed by atoms with E-state index in [0.717, 1.165) is 0 Å². The van der Waals surface area contributed by atoms with E-state index in [2.05, 4.69) is 5.10 Å². The lowest BCUT2D eigenvalue weighted by Gasteiger charge is -1.90. The fraction of sp³-hybridized carbons (Fsp3) is 0. The van der Waals surface area contributed by atoms with Gasteiger partial charge in [0.05, 0.1) is 5.39 Å². The molecule has 1 aromatic heterocycles. The highest BCUT2D eigenvalue weighted by atomic mass is 19.2. The van der Waals surface area contributed by atoms with Crippen LogP contribution in [0.5, 0.6) is 0 Å². The Morgan fingerprint density at radius 3 is 2.83 bits per heavy atom. The standard InChI is InChI=1S/C7H5F2N3/c8-4-2-1-3-5-6(4)7(10)11-12(5)9/h1-3H,(H2,10,11). The van der Waals surface area contributed by atoms with Gasteiger partial charge in [0.15, 0.2) is 5.82 Å². The summed E-state index contributed by atoms with van der Waals surface area (Å²) in [6, 6.07) is 4.01. The second-order valence-corrected chi connectivity index (χ2v) is 2.38. The van der Waals surface area contributed by atoms with Crippen LogP contribution >= 0.6 is 0 Å². The third kappa shape index (κ3) is 0.761. The van der Waals surface area contributed by atoms with Crippen molar-refractivity contribution in [3.8, 4) is 0 Å². The molecule has 0 spiro atoms. The lowest BCUT2D eigenvalue weighted by atomic mass is 10.2. The molecule has 0 saturated carbocycles. The number of aromatic nitrogens is 2. The van der Waals surface area contributed by atoms with Crippen LogP contribution < -0.4 is 5.73 Å². The highest BCUT2D eigenvalue weighted by Gasteiger charge is 2.10. The Balaban J connectivity index is 2.99. The minimum Gasteiger partial charge on any atom is -0.382 e. The summed E-state index contributed by atoms with van der Waals surface area (Å²) >= 11 is 0. The number of anilines is 1. The van der Waals surface area contributed by atoms with Crippen molar-refractivity contribution in [2.75, 3.05) is 5.73 Å². The van der Waals surface area contributed by atoms with Crippen molar-refractivity contribution in [1.29, 1.82) is 0 Å². The Labute approximate surface area is 66.3 Å². The molecule has 0 aliphatic carbocycles. The van der Waals surface area contributed by atoms with Gasteiger partial charge in [0.1, 0.15) is 11.3 Å². The Bertz CT molecular complexity index is 435. The topological polar surface area (TPSA) is 43.8 Å². The molecule has 0 aliphatic heterocycles. The Morgan fingerprint density at radius 2 is 2.17 bits per heavy atom. The number of rotatable bonds is 0. The van der Waals surface area contributed by atoms with Crippen LogP contribution in [0.3, 0.4) is 0 Å². The van der Waals surface area contributed by atoms with Gasteiger partial charge in [-0.15, -0.1) is 5.10 Å². The van der Waals surface area contributed by atoms with Crippen LogP contribution in [0.15, 0.2) is 18.2 Å². The molecule has 3 nitrogen and oxygen atoms in total. The fourth-order valence-corrected chi connectivity index (χ4v) is 1.12. The number of hydrogen-bond acceptors (Lipinski definition) is 2. The van der Waals surface area contributed by atoms with Gasteiger partial charge in [0, 0.05) is 0 Å². The number of nitrogen functional groups attached to an aromatic ring is 1. The fourth-order valence-electron chi connectivity index (χ4n) is 1.12. The second-order valence-electron chi connectivity index (χ2n) is 2.38. The van der Waals surface area contributed by atoms with E-state index in [-0.39, 0.29) is 21.6 Å². The molecular weight excluding hydrogens is 164 g/mol. The first-order valence-corrected chi connectivity index (χ1v) is 3.29. The summed E-state index contributed by atoms with van der Waals surface area (Å²) in [5.74, 6) is -0.695. The maximum absolute atomic E-state index is 13.0. The molecule has 0 fully saturated rings. The largest absolute Gasteiger partial charge is 0.382 e. The molecule has 0 amide bonds. The van der Waals surface area contributed by atoms with Gasteiger partial charge in [-0.3, -0.25) is 0 Å². The molecule has 1 aromatic carbocycles. The third-order valence-electron chi connectivity index (χ3n) is 1.64. The van der Waals surface area contributed by atoms with Crippen molar-refractivity contribution < 1.29 is 8.87 Å². The van der Waals surface area contributed by atoms with Crippen molar-refractivity contribution in [3.63, 3.8) is 0 Å². The first-order valence-electron chi connectivity index (χ1n) is 3.29. The van der Waals surface area contributed by atoms with Crippen molar-refractivity contribution in [2.45, 2.75) is 0 Å². The van der Waals surface area contributed by atoms with E-state index in [4.69, 9.17) is 5.73 Å². The summed E-state index contributed by atoms with van der Waals surface area (Å²) in [7, 11) is 0. The minimum atomic E-state index is -0.561. The molecule has 12 heavy (non-hydrogen) atoms. The number of benzene rings is 1. The Morgan fingerprint density at radius 1 is 1.42 bits per heavy atom. The normalized spacial score (nSPS) is 10.8. The van der Waals surface area contributed by atoms with Crippen LogP contribution in [0, 0.1) is 5.82 Å². The van der Waals surface area contributed by atoms with Crippen molar-refractivity contribution in [3.05, 3.63) is 24.0 Å². The van der Waals surface area contributed by atoms with Gasteiger partial charge in [-0.05, 0) is 12.1 Å². The molecule has 5 heteroatoms. The van der Waals surface area contributed by atoms with Crippen molar-refractivity contribution >= 4 is 16.7 Å². The van der Waals surface area contributed by atoms with Crippen LogP contribution in [0.4, 0.5) is 14.7 Å². The van der Waals surface area contributed by atoms with Gasteiger partial charge >= 0.3 is 0 Å². The van der Waals surface area contributed by atoms with Crippen LogP contribution in [0.2, 0.25) is 0 Å². The SMILES string of the molecule is Nc1nn(F)c2cccc(F)c12. The molecule has 0 saturated heterocycles. The van der Waals surface area contributed by atoms with Gasteiger partial charge in [0.25, 0.3) is 0 Å². The average molecular weight is 169 g/mol. The molecule has 0 unspecified atom stereocenters. The second kappa shape index (κ2) is 2.17. The molecule has 0 atom stereocenters. The molecular formula is C7H5F2N3. The number of nitrogens with zero attached hydrogens (tertiary/aromatic N) is 2. The van der Waals surface area contributed by atoms with E-state index in [1.807, 2.05) is 0 Å². The van der Waals surface area contributed by atoms with E-state index < -0.39 is 5.82 Å². The van der Waals surface area contributed by atoms with E-state index in [1.165, 1.54) is 18.2 Å². The summed E-state index contributed by atoms with van der Waals surface area (Å²) in [6.45, 7) is 0. The molecule has 2 N–H and O–H groups in total. The summed E-state index contributed by atoms with van der Waals surface area (Å²) < 4.78 is 25.7. The molecule has 0 bridgehead atoms. The third-order valence-corrected chi connectivity index (χ3v) is 1.64. The number of hydrogen-bond donors (Lipinski definition) is 1. The van der Waals surface area contributed by atoms with Gasteiger partial charge in [0.2, 0.25) is 0 Å². The van der Waals surface area contributed by atoms with Crippen molar-refractivity contribution in [2.24, 2.45) is 0 Å². The van der Waals surface area contributed by atoms with Crippen LogP contribution in [0.25, 0.3) is 10.9 Å². The van der Waals surface area contributed by atoms with Gasteiger partial charge in [-0.1, -0.05) is 15.5 Å². The summed E-state index contributed by atoms with van der Waals surface area (Å²) in [4.78, 5) is 0.0632. The van der Waals surface area contributed by atoms with Gasteiger partial charge < -0.3 is 5.73 Å². The highest BCUT2D eigenvalue weighted by molar-refractivity contribution is 5.89. The first kappa shape index (κ1) is 7.02. The average Bonchev–Trinajstić information content (AvgIpc) is 2.29.